The zero-order valence-electron chi connectivity index (χ0n) is 7.36. The normalized spacial score (nSPS) is 10.1. The van der Waals surface area contributed by atoms with Crippen molar-refractivity contribution in [2.75, 3.05) is 0 Å². The molecule has 1 rings (SSSR count). The van der Waals surface area contributed by atoms with Gasteiger partial charge in [0.15, 0.2) is 0 Å². The molecule has 0 fully saturated rings. The molecule has 0 aliphatic rings. The fourth-order valence-corrected chi connectivity index (χ4v) is 1.09. The summed E-state index contributed by atoms with van der Waals surface area (Å²) in [5.74, 6) is 0. The first-order valence-corrected chi connectivity index (χ1v) is 4.35. The van der Waals surface area contributed by atoms with Crippen LogP contribution < -0.4 is 5.56 Å². The van der Waals surface area contributed by atoms with Gasteiger partial charge in [-0.2, -0.15) is 0 Å². The number of hydrogen-bond donors (Lipinski definition) is 0. The fourth-order valence-electron chi connectivity index (χ4n) is 1.09. The van der Waals surface area contributed by atoms with Crippen molar-refractivity contribution in [2.24, 2.45) is 0 Å². The van der Waals surface area contributed by atoms with E-state index >= 15 is 0 Å². The molecular formula is C9H14N2O. The van der Waals surface area contributed by atoms with Crippen molar-refractivity contribution in [1.29, 1.82) is 0 Å². The van der Waals surface area contributed by atoms with Gasteiger partial charge in [0.2, 0.25) is 0 Å². The average molecular weight is 166 g/mol. The number of aryl methyl sites for hydroxylation is 1. The molecule has 0 aliphatic heterocycles. The Morgan fingerprint density at radius 2 is 2.33 bits per heavy atom. The van der Waals surface area contributed by atoms with Crippen LogP contribution in [0.5, 0.6) is 0 Å². The maximum Gasteiger partial charge on any atom is 0.268 e. The lowest BCUT2D eigenvalue weighted by Crippen LogP contribution is -2.18. The summed E-state index contributed by atoms with van der Waals surface area (Å²) in [5.41, 5.74) is -0.00592. The molecule has 12 heavy (non-hydrogen) atoms. The molecular weight excluding hydrogens is 152 g/mol. The molecule has 0 spiro atoms. The van der Waals surface area contributed by atoms with Crippen molar-refractivity contribution in [3.63, 3.8) is 0 Å². The van der Waals surface area contributed by atoms with Gasteiger partial charge in [0.25, 0.3) is 5.56 Å². The van der Waals surface area contributed by atoms with Crippen LogP contribution in [-0.4, -0.2) is 9.55 Å². The molecule has 0 saturated carbocycles. The topological polar surface area (TPSA) is 34.9 Å². The third kappa shape index (κ3) is 2.49. The quantitative estimate of drug-likeness (QED) is 0.634. The third-order valence-electron chi connectivity index (χ3n) is 1.80. The van der Waals surface area contributed by atoms with E-state index in [0.717, 1.165) is 13.0 Å². The van der Waals surface area contributed by atoms with Gasteiger partial charge in [-0.05, 0) is 6.42 Å². The van der Waals surface area contributed by atoms with Crippen molar-refractivity contribution in [3.8, 4) is 0 Å². The summed E-state index contributed by atoms with van der Waals surface area (Å²) in [4.78, 5) is 14.9. The highest BCUT2D eigenvalue weighted by molar-refractivity contribution is 4.79. The van der Waals surface area contributed by atoms with E-state index in [0.29, 0.717) is 0 Å². The monoisotopic (exact) mass is 166 g/mol. The molecule has 0 N–H and O–H groups in total. The molecule has 1 aromatic heterocycles. The van der Waals surface area contributed by atoms with Crippen LogP contribution in [0.15, 0.2) is 23.4 Å². The van der Waals surface area contributed by atoms with Gasteiger partial charge in [0.1, 0.15) is 0 Å². The van der Waals surface area contributed by atoms with Crippen LogP contribution in [0.25, 0.3) is 0 Å². The van der Waals surface area contributed by atoms with Gasteiger partial charge in [0, 0.05) is 18.9 Å². The molecule has 0 radical (unpaired) electrons. The standard InChI is InChI=1S/C9H14N2O/c1-2-3-4-6-11-7-5-10-8-9(11)12/h5,7-8H,2-4,6H2,1H3. The largest absolute Gasteiger partial charge is 0.313 e. The molecule has 0 bridgehead atoms. The van der Waals surface area contributed by atoms with Gasteiger partial charge < -0.3 is 4.57 Å². The highest BCUT2D eigenvalue weighted by atomic mass is 16.1. The van der Waals surface area contributed by atoms with Crippen LogP contribution in [0.4, 0.5) is 0 Å². The summed E-state index contributed by atoms with van der Waals surface area (Å²) < 4.78 is 1.70. The van der Waals surface area contributed by atoms with E-state index in [2.05, 4.69) is 11.9 Å². The summed E-state index contributed by atoms with van der Waals surface area (Å²) in [6.45, 7) is 2.96. The van der Waals surface area contributed by atoms with Crippen molar-refractivity contribution < 1.29 is 0 Å². The Kier molecular flexibility index (Phi) is 3.51. The molecule has 0 amide bonds. The van der Waals surface area contributed by atoms with Crippen LogP contribution in [0.2, 0.25) is 0 Å². The summed E-state index contributed by atoms with van der Waals surface area (Å²) in [6, 6.07) is 0. The maximum absolute atomic E-state index is 11.1. The number of unbranched alkanes of at least 4 members (excludes halogenated alkanes) is 2. The fraction of sp³-hybridized carbons (Fsp3) is 0.556. The average Bonchev–Trinajstić information content (AvgIpc) is 2.09. The molecule has 0 unspecified atom stereocenters. The van der Waals surface area contributed by atoms with Gasteiger partial charge in [-0.25, -0.2) is 0 Å². The minimum Gasteiger partial charge on any atom is -0.313 e. The Hall–Kier alpha value is -1.12. The second-order valence-electron chi connectivity index (χ2n) is 2.82. The minimum atomic E-state index is -0.00592. The van der Waals surface area contributed by atoms with Crippen LogP contribution in [0.3, 0.4) is 0 Å². The molecule has 0 aromatic carbocycles. The summed E-state index contributed by atoms with van der Waals surface area (Å²) in [7, 11) is 0. The lowest BCUT2D eigenvalue weighted by Gasteiger charge is -2.02. The number of nitrogens with zero attached hydrogens (tertiary/aromatic N) is 2. The van der Waals surface area contributed by atoms with Crippen molar-refractivity contribution in [2.45, 2.75) is 32.7 Å². The van der Waals surface area contributed by atoms with E-state index < -0.39 is 0 Å². The van der Waals surface area contributed by atoms with Crippen LogP contribution >= 0.6 is 0 Å². The first-order chi connectivity index (χ1) is 5.84. The molecule has 0 saturated heterocycles. The van der Waals surface area contributed by atoms with Crippen molar-refractivity contribution in [3.05, 3.63) is 28.9 Å². The number of aromatic nitrogens is 2. The zero-order valence-corrected chi connectivity index (χ0v) is 7.36. The molecule has 3 heteroatoms. The van der Waals surface area contributed by atoms with Gasteiger partial charge in [-0.3, -0.25) is 9.78 Å². The number of hydrogen-bond acceptors (Lipinski definition) is 2. The minimum absolute atomic E-state index is 0.00592. The Bertz CT molecular complexity index is 280. The van der Waals surface area contributed by atoms with Crippen molar-refractivity contribution >= 4 is 0 Å². The van der Waals surface area contributed by atoms with Crippen LogP contribution in [0, 0.1) is 0 Å². The van der Waals surface area contributed by atoms with Gasteiger partial charge in [-0.15, -0.1) is 0 Å². The Morgan fingerprint density at radius 1 is 1.50 bits per heavy atom. The first kappa shape index (κ1) is 8.97. The highest BCUT2D eigenvalue weighted by Gasteiger charge is 1.92. The molecule has 0 aliphatic carbocycles. The van der Waals surface area contributed by atoms with Gasteiger partial charge in [-0.1, -0.05) is 19.8 Å². The smallest absolute Gasteiger partial charge is 0.268 e. The molecule has 3 nitrogen and oxygen atoms in total. The number of rotatable bonds is 4. The van der Waals surface area contributed by atoms with Gasteiger partial charge in [0.05, 0.1) is 6.20 Å². The van der Waals surface area contributed by atoms with Gasteiger partial charge >= 0.3 is 0 Å². The lowest BCUT2D eigenvalue weighted by molar-refractivity contribution is 0.584. The van der Waals surface area contributed by atoms with E-state index in [-0.39, 0.29) is 5.56 Å². The van der Waals surface area contributed by atoms with E-state index in [4.69, 9.17) is 0 Å². The Balaban J connectivity index is 2.52. The van der Waals surface area contributed by atoms with Crippen LogP contribution in [0.1, 0.15) is 26.2 Å². The first-order valence-electron chi connectivity index (χ1n) is 4.35. The predicted molar refractivity (Wildman–Crippen MR) is 48.0 cm³/mol. The molecule has 0 atom stereocenters. The highest BCUT2D eigenvalue weighted by Crippen LogP contribution is 1.95. The van der Waals surface area contributed by atoms with E-state index in [1.807, 2.05) is 0 Å². The second-order valence-corrected chi connectivity index (χ2v) is 2.82. The van der Waals surface area contributed by atoms with Crippen molar-refractivity contribution in [1.82, 2.24) is 9.55 Å². The molecule has 1 aromatic rings. The van der Waals surface area contributed by atoms with E-state index in [9.17, 15) is 4.79 Å². The summed E-state index contributed by atoms with van der Waals surface area (Å²) >= 11 is 0. The predicted octanol–water partition coefficient (Wildman–Crippen LogP) is 1.43. The zero-order chi connectivity index (χ0) is 8.81. The van der Waals surface area contributed by atoms with E-state index in [1.165, 1.54) is 19.0 Å². The SMILES string of the molecule is CCCCCn1ccncc1=O. The Morgan fingerprint density at radius 3 is 3.00 bits per heavy atom. The van der Waals surface area contributed by atoms with Crippen LogP contribution in [-0.2, 0) is 6.54 Å². The summed E-state index contributed by atoms with van der Waals surface area (Å²) in [5, 5.41) is 0. The third-order valence-corrected chi connectivity index (χ3v) is 1.80. The van der Waals surface area contributed by atoms with E-state index in [1.54, 1.807) is 17.0 Å². The Labute approximate surface area is 72.1 Å². The maximum atomic E-state index is 11.1. The molecule has 66 valence electrons. The summed E-state index contributed by atoms with van der Waals surface area (Å²) in [6.07, 6.45) is 8.16. The lowest BCUT2D eigenvalue weighted by atomic mass is 10.2. The second kappa shape index (κ2) is 4.70. The molecule has 1 heterocycles.